The Hall–Kier alpha value is -1.77. The van der Waals surface area contributed by atoms with E-state index >= 15 is 0 Å². The van der Waals surface area contributed by atoms with Crippen LogP contribution in [0, 0.1) is 0 Å². The van der Waals surface area contributed by atoms with Crippen molar-refractivity contribution >= 4 is 22.5 Å². The van der Waals surface area contributed by atoms with Crippen LogP contribution in [-0.2, 0) is 26.8 Å². The predicted octanol–water partition coefficient (Wildman–Crippen LogP) is 1.45. The molecular formula is C13H12O3S. The van der Waals surface area contributed by atoms with E-state index in [1.165, 1.54) is 11.7 Å². The Bertz CT molecular complexity index is 497. The van der Waals surface area contributed by atoms with Crippen LogP contribution in [0.2, 0.25) is 0 Å². The van der Waals surface area contributed by atoms with Gasteiger partial charge in [-0.05, 0) is 11.6 Å². The van der Waals surface area contributed by atoms with Crippen molar-refractivity contribution in [1.29, 1.82) is 0 Å². The first-order chi connectivity index (χ1) is 8.13. The van der Waals surface area contributed by atoms with Gasteiger partial charge in [0, 0.05) is 28.9 Å². The number of hydrogen-bond donors (Lipinski definition) is 0. The molecule has 0 aromatic heterocycles. The van der Waals surface area contributed by atoms with E-state index in [4.69, 9.17) is 0 Å². The SMILES string of the molecule is CS(=O)/C=C/C(=O)C(=C=O)Cc1ccccc1. The van der Waals surface area contributed by atoms with Crippen molar-refractivity contribution < 1.29 is 13.8 Å². The number of ketones is 1. The Morgan fingerprint density at radius 1 is 1.35 bits per heavy atom. The molecule has 0 N–H and O–H groups in total. The second kappa shape index (κ2) is 6.74. The lowest BCUT2D eigenvalue weighted by Gasteiger charge is -1.99. The fourth-order valence-electron chi connectivity index (χ4n) is 1.23. The Morgan fingerprint density at radius 3 is 2.53 bits per heavy atom. The third kappa shape index (κ3) is 4.72. The molecule has 4 heteroatoms. The largest absolute Gasteiger partial charge is 0.289 e. The van der Waals surface area contributed by atoms with Crippen LogP contribution in [0.5, 0.6) is 0 Å². The Morgan fingerprint density at radius 2 is 2.00 bits per heavy atom. The lowest BCUT2D eigenvalue weighted by atomic mass is 10.0. The minimum Gasteiger partial charge on any atom is -0.289 e. The number of hydrogen-bond acceptors (Lipinski definition) is 3. The lowest BCUT2D eigenvalue weighted by molar-refractivity contribution is -0.111. The molecule has 0 heterocycles. The molecule has 3 nitrogen and oxygen atoms in total. The van der Waals surface area contributed by atoms with Gasteiger partial charge in [-0.1, -0.05) is 30.3 Å². The maximum atomic E-state index is 11.6. The third-order valence-corrected chi connectivity index (χ3v) is 2.57. The van der Waals surface area contributed by atoms with Crippen LogP contribution in [0.4, 0.5) is 0 Å². The van der Waals surface area contributed by atoms with Crippen molar-refractivity contribution in [3.8, 4) is 0 Å². The monoisotopic (exact) mass is 248 g/mol. The van der Waals surface area contributed by atoms with Crippen LogP contribution in [0.1, 0.15) is 5.56 Å². The van der Waals surface area contributed by atoms with Gasteiger partial charge in [0.1, 0.15) is 5.94 Å². The molecule has 0 amide bonds. The summed E-state index contributed by atoms with van der Waals surface area (Å²) in [6.07, 6.45) is 2.84. The third-order valence-electron chi connectivity index (χ3n) is 2.06. The Balaban J connectivity index is 2.78. The number of allylic oxidation sites excluding steroid dienone is 2. The first kappa shape index (κ1) is 13.3. The van der Waals surface area contributed by atoms with E-state index in [0.717, 1.165) is 11.6 Å². The van der Waals surface area contributed by atoms with Crippen molar-refractivity contribution in [3.63, 3.8) is 0 Å². The van der Waals surface area contributed by atoms with Gasteiger partial charge in [-0.15, -0.1) is 0 Å². The maximum Gasteiger partial charge on any atom is 0.193 e. The van der Waals surface area contributed by atoms with Crippen LogP contribution >= 0.6 is 0 Å². The molecule has 1 aromatic rings. The number of carbonyl (C=O) groups is 1. The van der Waals surface area contributed by atoms with Crippen molar-refractivity contribution in [2.24, 2.45) is 0 Å². The van der Waals surface area contributed by atoms with E-state index in [2.05, 4.69) is 0 Å². The summed E-state index contributed by atoms with van der Waals surface area (Å²) in [6, 6.07) is 9.17. The average molecular weight is 248 g/mol. The van der Waals surface area contributed by atoms with Gasteiger partial charge < -0.3 is 0 Å². The number of benzene rings is 1. The summed E-state index contributed by atoms with van der Waals surface area (Å²) in [5.74, 6) is 1.20. The molecule has 0 bridgehead atoms. The molecule has 0 radical (unpaired) electrons. The highest BCUT2D eigenvalue weighted by atomic mass is 32.2. The van der Waals surface area contributed by atoms with Crippen LogP contribution in [0.25, 0.3) is 0 Å². The van der Waals surface area contributed by atoms with Gasteiger partial charge >= 0.3 is 0 Å². The smallest absolute Gasteiger partial charge is 0.193 e. The fraction of sp³-hybridized carbons (Fsp3) is 0.154. The zero-order valence-electron chi connectivity index (χ0n) is 9.38. The summed E-state index contributed by atoms with van der Waals surface area (Å²) in [5, 5.41) is 1.25. The first-order valence-electron chi connectivity index (χ1n) is 4.96. The van der Waals surface area contributed by atoms with Crippen molar-refractivity contribution in [3.05, 3.63) is 53.0 Å². The van der Waals surface area contributed by atoms with Gasteiger partial charge in [0.2, 0.25) is 0 Å². The summed E-state index contributed by atoms with van der Waals surface area (Å²) < 4.78 is 10.8. The Labute approximate surface area is 102 Å². The van der Waals surface area contributed by atoms with Crippen molar-refractivity contribution in [1.82, 2.24) is 0 Å². The molecule has 1 aromatic carbocycles. The standard InChI is InChI=1S/C13H12O3S/c1-17(16)8-7-13(15)12(10-14)9-11-5-3-2-4-6-11/h2-8H,9H2,1H3/b8-7+. The van der Waals surface area contributed by atoms with E-state index in [1.54, 1.807) is 5.94 Å². The van der Waals surface area contributed by atoms with Crippen LogP contribution in [0.3, 0.4) is 0 Å². The highest BCUT2D eigenvalue weighted by molar-refractivity contribution is 7.87. The summed E-state index contributed by atoms with van der Waals surface area (Å²) in [4.78, 5) is 22.3. The van der Waals surface area contributed by atoms with E-state index in [-0.39, 0.29) is 12.0 Å². The lowest BCUT2D eigenvalue weighted by Crippen LogP contribution is -2.03. The summed E-state index contributed by atoms with van der Waals surface area (Å²) in [7, 11) is -1.20. The van der Waals surface area contributed by atoms with Crippen LogP contribution in [-0.4, -0.2) is 22.2 Å². The molecule has 0 saturated heterocycles. The Kier molecular flexibility index (Phi) is 5.27. The van der Waals surface area contributed by atoms with Gasteiger partial charge in [0.15, 0.2) is 5.78 Å². The molecular weight excluding hydrogens is 236 g/mol. The molecule has 0 saturated carbocycles. The van der Waals surface area contributed by atoms with Crippen LogP contribution < -0.4 is 0 Å². The van der Waals surface area contributed by atoms with E-state index in [1.807, 2.05) is 30.3 Å². The zero-order valence-corrected chi connectivity index (χ0v) is 10.2. The normalized spacial score (nSPS) is 12.1. The number of carbonyl (C=O) groups excluding carboxylic acids is 2. The van der Waals surface area contributed by atoms with Crippen molar-refractivity contribution in [2.75, 3.05) is 6.26 Å². The van der Waals surface area contributed by atoms with E-state index in [0.29, 0.717) is 0 Å². The average Bonchev–Trinajstić information content (AvgIpc) is 2.34. The predicted molar refractivity (Wildman–Crippen MR) is 67.6 cm³/mol. The first-order valence-corrected chi connectivity index (χ1v) is 6.58. The topological polar surface area (TPSA) is 51.2 Å². The minimum absolute atomic E-state index is 0.0397. The molecule has 1 atom stereocenters. The maximum absolute atomic E-state index is 11.6. The molecule has 1 unspecified atom stereocenters. The molecule has 0 aliphatic rings. The van der Waals surface area contributed by atoms with E-state index in [9.17, 15) is 13.8 Å². The second-order valence-electron chi connectivity index (χ2n) is 3.41. The zero-order chi connectivity index (χ0) is 12.7. The summed E-state index contributed by atoms with van der Waals surface area (Å²) in [6.45, 7) is 0. The van der Waals surface area contributed by atoms with Crippen molar-refractivity contribution in [2.45, 2.75) is 6.42 Å². The van der Waals surface area contributed by atoms with Gasteiger partial charge in [-0.25, -0.2) is 4.79 Å². The minimum atomic E-state index is -1.20. The summed E-state index contributed by atoms with van der Waals surface area (Å²) >= 11 is 0. The van der Waals surface area contributed by atoms with Gasteiger partial charge in [0.25, 0.3) is 0 Å². The molecule has 0 spiro atoms. The molecule has 0 fully saturated rings. The van der Waals surface area contributed by atoms with E-state index < -0.39 is 16.6 Å². The highest BCUT2D eigenvalue weighted by Gasteiger charge is 2.08. The highest BCUT2D eigenvalue weighted by Crippen LogP contribution is 2.07. The summed E-state index contributed by atoms with van der Waals surface area (Å²) in [5.41, 5.74) is 0.906. The molecule has 0 aliphatic carbocycles. The quantitative estimate of drug-likeness (QED) is 0.585. The molecule has 88 valence electrons. The second-order valence-corrected chi connectivity index (χ2v) is 4.68. The molecule has 0 aliphatic heterocycles. The molecule has 1 rings (SSSR count). The number of rotatable bonds is 5. The molecule has 17 heavy (non-hydrogen) atoms. The van der Waals surface area contributed by atoms with Gasteiger partial charge in [-0.3, -0.25) is 9.00 Å². The van der Waals surface area contributed by atoms with Crippen LogP contribution in [0.15, 0.2) is 47.4 Å². The van der Waals surface area contributed by atoms with Gasteiger partial charge in [0.05, 0.1) is 5.57 Å². The fourth-order valence-corrected chi connectivity index (χ4v) is 1.55. The van der Waals surface area contributed by atoms with Gasteiger partial charge in [-0.2, -0.15) is 0 Å².